The van der Waals surface area contributed by atoms with Crippen molar-refractivity contribution in [3.05, 3.63) is 89.9 Å². The van der Waals surface area contributed by atoms with Gasteiger partial charge >= 0.3 is 0 Å². The number of rotatable bonds is 11. The fraction of sp³-hybridized carbons (Fsp3) is 0.357. The molecule has 1 aliphatic heterocycles. The Bertz CT molecular complexity index is 1270. The molecule has 1 aromatic heterocycles. The van der Waals surface area contributed by atoms with E-state index in [0.717, 1.165) is 24.0 Å². The fourth-order valence-corrected chi connectivity index (χ4v) is 5.92. The van der Waals surface area contributed by atoms with E-state index in [1.807, 2.05) is 30.3 Å². The lowest BCUT2D eigenvalue weighted by Crippen LogP contribution is -2.47. The molecule has 1 fully saturated rings. The molecular formula is C28H33N3O5S. The average Bonchev–Trinajstić information content (AvgIpc) is 3.65. The third-order valence-corrected chi connectivity index (χ3v) is 8.55. The number of carbonyl (C=O) groups excluding carboxylic acids is 2. The van der Waals surface area contributed by atoms with Crippen LogP contribution in [0.1, 0.15) is 43.1 Å². The van der Waals surface area contributed by atoms with E-state index in [0.29, 0.717) is 31.8 Å². The van der Waals surface area contributed by atoms with Crippen LogP contribution in [0.5, 0.6) is 0 Å². The van der Waals surface area contributed by atoms with E-state index in [1.54, 1.807) is 54.5 Å². The fourth-order valence-electron chi connectivity index (χ4n) is 4.40. The van der Waals surface area contributed by atoms with Gasteiger partial charge in [0, 0.05) is 26.1 Å². The molecular weight excluding hydrogens is 490 g/mol. The Labute approximate surface area is 218 Å². The SMILES string of the molecule is C[C@H](C(=O)NCc1ccco1)N(Cc1ccccc1)C(=O)CCc1ccc(S(=O)(=O)N2CCCC2)cc1. The molecule has 37 heavy (non-hydrogen) atoms. The molecule has 1 N–H and O–H groups in total. The molecule has 2 heterocycles. The van der Waals surface area contributed by atoms with Gasteiger partial charge in [-0.3, -0.25) is 9.59 Å². The Morgan fingerprint density at radius 2 is 1.68 bits per heavy atom. The third-order valence-electron chi connectivity index (χ3n) is 6.63. The topological polar surface area (TPSA) is 99.9 Å². The third kappa shape index (κ3) is 6.87. The smallest absolute Gasteiger partial charge is 0.243 e. The van der Waals surface area contributed by atoms with Gasteiger partial charge in [-0.15, -0.1) is 0 Å². The molecule has 196 valence electrons. The minimum atomic E-state index is -3.47. The highest BCUT2D eigenvalue weighted by Crippen LogP contribution is 2.22. The maximum atomic E-state index is 13.3. The number of benzene rings is 2. The van der Waals surface area contributed by atoms with E-state index < -0.39 is 16.1 Å². The molecule has 0 bridgehead atoms. The molecule has 0 radical (unpaired) electrons. The van der Waals surface area contributed by atoms with Crippen molar-refractivity contribution in [2.45, 2.75) is 56.6 Å². The van der Waals surface area contributed by atoms with Crippen LogP contribution in [0.2, 0.25) is 0 Å². The van der Waals surface area contributed by atoms with Crippen molar-refractivity contribution in [2.24, 2.45) is 0 Å². The van der Waals surface area contributed by atoms with Gasteiger partial charge in [-0.25, -0.2) is 8.42 Å². The van der Waals surface area contributed by atoms with Gasteiger partial charge in [-0.2, -0.15) is 4.31 Å². The number of hydrogen-bond acceptors (Lipinski definition) is 5. The van der Waals surface area contributed by atoms with E-state index >= 15 is 0 Å². The van der Waals surface area contributed by atoms with Crippen LogP contribution in [0.25, 0.3) is 0 Å². The number of amides is 2. The summed E-state index contributed by atoms with van der Waals surface area (Å²) >= 11 is 0. The van der Waals surface area contributed by atoms with E-state index in [4.69, 9.17) is 4.42 Å². The van der Waals surface area contributed by atoms with Crippen molar-refractivity contribution in [1.82, 2.24) is 14.5 Å². The van der Waals surface area contributed by atoms with Gasteiger partial charge in [0.05, 0.1) is 17.7 Å². The molecule has 0 spiro atoms. The van der Waals surface area contributed by atoms with E-state index in [1.165, 1.54) is 4.31 Å². The van der Waals surface area contributed by atoms with Gasteiger partial charge in [-0.1, -0.05) is 42.5 Å². The van der Waals surface area contributed by atoms with Crippen molar-refractivity contribution in [1.29, 1.82) is 0 Å². The number of carbonyl (C=O) groups is 2. The summed E-state index contributed by atoms with van der Waals surface area (Å²) in [7, 11) is -3.47. The van der Waals surface area contributed by atoms with Crippen LogP contribution in [0.4, 0.5) is 0 Å². The van der Waals surface area contributed by atoms with Gasteiger partial charge in [0.2, 0.25) is 21.8 Å². The number of aryl methyl sites for hydroxylation is 1. The first-order valence-corrected chi connectivity index (χ1v) is 14.0. The number of nitrogens with zero attached hydrogens (tertiary/aromatic N) is 2. The highest BCUT2D eigenvalue weighted by Gasteiger charge is 2.28. The molecule has 2 amide bonds. The average molecular weight is 524 g/mol. The summed E-state index contributed by atoms with van der Waals surface area (Å²) in [5.41, 5.74) is 1.79. The second kappa shape index (κ2) is 12.2. The van der Waals surface area contributed by atoms with Crippen LogP contribution in [-0.4, -0.2) is 48.6 Å². The first-order chi connectivity index (χ1) is 17.8. The number of nitrogens with one attached hydrogen (secondary N) is 1. The Hall–Kier alpha value is -3.43. The van der Waals surface area contributed by atoms with Crippen molar-refractivity contribution < 1.29 is 22.4 Å². The van der Waals surface area contributed by atoms with Gasteiger partial charge in [0.1, 0.15) is 11.8 Å². The maximum Gasteiger partial charge on any atom is 0.243 e. The predicted octanol–water partition coefficient (Wildman–Crippen LogP) is 3.73. The standard InChI is InChI=1S/C28H33N3O5S/c1-22(28(33)29-20-25-10-7-19-36-25)31(21-24-8-3-2-4-9-24)27(32)16-13-23-11-14-26(15-12-23)37(34,35)30-17-5-6-18-30/h2-4,7-12,14-15,19,22H,5-6,13,16-18,20-21H2,1H3,(H,29,33)/t22-/m1/s1. The van der Waals surface area contributed by atoms with Gasteiger partial charge in [0.25, 0.3) is 0 Å². The van der Waals surface area contributed by atoms with Crippen molar-refractivity contribution >= 4 is 21.8 Å². The minimum absolute atomic E-state index is 0.154. The lowest BCUT2D eigenvalue weighted by molar-refractivity contribution is -0.140. The van der Waals surface area contributed by atoms with Crippen LogP contribution in [0.15, 0.2) is 82.3 Å². The second-order valence-corrected chi connectivity index (χ2v) is 11.2. The maximum absolute atomic E-state index is 13.3. The molecule has 1 aliphatic rings. The molecule has 1 saturated heterocycles. The van der Waals surface area contributed by atoms with Crippen LogP contribution < -0.4 is 5.32 Å². The van der Waals surface area contributed by atoms with Crippen LogP contribution in [0, 0.1) is 0 Å². The summed E-state index contributed by atoms with van der Waals surface area (Å²) in [5.74, 6) is 0.215. The van der Waals surface area contributed by atoms with E-state index in [2.05, 4.69) is 5.32 Å². The quantitative estimate of drug-likeness (QED) is 0.413. The largest absolute Gasteiger partial charge is 0.467 e. The van der Waals surface area contributed by atoms with Crippen molar-refractivity contribution in [2.75, 3.05) is 13.1 Å². The van der Waals surface area contributed by atoms with Gasteiger partial charge in [-0.05, 0) is 61.6 Å². The number of hydrogen-bond donors (Lipinski definition) is 1. The zero-order valence-corrected chi connectivity index (χ0v) is 21.8. The molecule has 9 heteroatoms. The summed E-state index contributed by atoms with van der Waals surface area (Å²) in [5, 5.41) is 2.84. The zero-order valence-electron chi connectivity index (χ0n) is 21.0. The Morgan fingerprint density at radius 1 is 0.973 bits per heavy atom. The summed E-state index contributed by atoms with van der Waals surface area (Å²) in [6, 6.07) is 19.1. The first-order valence-electron chi connectivity index (χ1n) is 12.6. The second-order valence-electron chi connectivity index (χ2n) is 9.24. The first kappa shape index (κ1) is 26.6. The van der Waals surface area contributed by atoms with Gasteiger partial charge < -0.3 is 14.6 Å². The Morgan fingerprint density at radius 3 is 2.32 bits per heavy atom. The number of furan rings is 1. The lowest BCUT2D eigenvalue weighted by atomic mass is 10.1. The van der Waals surface area contributed by atoms with Crippen molar-refractivity contribution in [3.8, 4) is 0 Å². The summed E-state index contributed by atoms with van der Waals surface area (Å²) < 4.78 is 32.3. The van der Waals surface area contributed by atoms with E-state index in [9.17, 15) is 18.0 Å². The summed E-state index contributed by atoms with van der Waals surface area (Å²) in [4.78, 5) is 28.1. The molecule has 8 nitrogen and oxygen atoms in total. The minimum Gasteiger partial charge on any atom is -0.467 e. The molecule has 0 saturated carbocycles. The summed E-state index contributed by atoms with van der Waals surface area (Å²) in [6.07, 6.45) is 3.96. The Kier molecular flexibility index (Phi) is 8.78. The van der Waals surface area contributed by atoms with Crippen LogP contribution >= 0.6 is 0 Å². The molecule has 2 aromatic carbocycles. The molecule has 0 unspecified atom stereocenters. The molecule has 0 aliphatic carbocycles. The number of sulfonamides is 1. The highest BCUT2D eigenvalue weighted by atomic mass is 32.2. The Balaban J connectivity index is 1.40. The molecule has 3 aromatic rings. The summed E-state index contributed by atoms with van der Waals surface area (Å²) in [6.45, 7) is 3.39. The molecule has 4 rings (SSSR count). The lowest BCUT2D eigenvalue weighted by Gasteiger charge is -2.29. The zero-order chi connectivity index (χ0) is 26.3. The van der Waals surface area contributed by atoms with E-state index in [-0.39, 0.29) is 29.7 Å². The highest BCUT2D eigenvalue weighted by molar-refractivity contribution is 7.89. The van der Waals surface area contributed by atoms with Gasteiger partial charge in [0.15, 0.2) is 0 Å². The monoisotopic (exact) mass is 523 g/mol. The molecule has 1 atom stereocenters. The van der Waals surface area contributed by atoms with Crippen LogP contribution in [0.3, 0.4) is 0 Å². The normalized spacial score (nSPS) is 14.8. The van der Waals surface area contributed by atoms with Crippen molar-refractivity contribution in [3.63, 3.8) is 0 Å². The van der Waals surface area contributed by atoms with Crippen LogP contribution in [-0.2, 0) is 39.1 Å². The predicted molar refractivity (Wildman–Crippen MR) is 140 cm³/mol.